The molecule has 0 aliphatic rings. The molecule has 1 unspecified atom stereocenters. The van der Waals surface area contributed by atoms with Crippen LogP contribution in [-0.4, -0.2) is 12.5 Å². The van der Waals surface area contributed by atoms with Gasteiger partial charge in [0.25, 0.3) is 0 Å². The summed E-state index contributed by atoms with van der Waals surface area (Å²) in [6.45, 7) is 4.51. The molecule has 0 fully saturated rings. The summed E-state index contributed by atoms with van der Waals surface area (Å²) in [5.41, 5.74) is 7.33. The number of amides is 1. The first-order valence-electron chi connectivity index (χ1n) is 6.53. The summed E-state index contributed by atoms with van der Waals surface area (Å²) in [5, 5.41) is 11.5. The van der Waals surface area contributed by atoms with Crippen LogP contribution in [0, 0.1) is 23.2 Å². The summed E-state index contributed by atoms with van der Waals surface area (Å²) >= 11 is 0. The standard InChI is InChI=1S/C15H21N3O/c1-11(2)9-13(10-17)15(19)18-14-5-3-12(4-6-14)7-8-16/h3-6,11,13H,7,9-10,17H2,1-2H3,(H,18,19). The van der Waals surface area contributed by atoms with E-state index >= 15 is 0 Å². The molecule has 19 heavy (non-hydrogen) atoms. The number of carbonyl (C=O) groups excluding carboxylic acids is 1. The highest BCUT2D eigenvalue weighted by molar-refractivity contribution is 5.92. The second-order valence-corrected chi connectivity index (χ2v) is 5.08. The first kappa shape index (κ1) is 15.2. The zero-order valence-electron chi connectivity index (χ0n) is 11.5. The van der Waals surface area contributed by atoms with Crippen LogP contribution in [0.3, 0.4) is 0 Å². The predicted octanol–water partition coefficient (Wildman–Crippen LogP) is 2.31. The molecule has 1 rings (SSSR count). The Morgan fingerprint density at radius 1 is 1.37 bits per heavy atom. The Kier molecular flexibility index (Phi) is 6.04. The third kappa shape index (κ3) is 5.11. The highest BCUT2D eigenvalue weighted by Crippen LogP contribution is 2.15. The summed E-state index contributed by atoms with van der Waals surface area (Å²) in [4.78, 5) is 12.0. The first-order valence-corrected chi connectivity index (χ1v) is 6.53. The summed E-state index contributed by atoms with van der Waals surface area (Å²) in [7, 11) is 0. The van der Waals surface area contributed by atoms with Crippen molar-refractivity contribution < 1.29 is 4.79 Å². The van der Waals surface area contributed by atoms with Crippen molar-refractivity contribution in [3.63, 3.8) is 0 Å². The van der Waals surface area contributed by atoms with Gasteiger partial charge in [0.05, 0.1) is 18.4 Å². The summed E-state index contributed by atoms with van der Waals surface area (Å²) in [5.74, 6) is 0.250. The Hall–Kier alpha value is -1.86. The van der Waals surface area contributed by atoms with Gasteiger partial charge in [-0.2, -0.15) is 5.26 Å². The van der Waals surface area contributed by atoms with Crippen LogP contribution in [0.5, 0.6) is 0 Å². The molecule has 0 saturated carbocycles. The van der Waals surface area contributed by atoms with Gasteiger partial charge in [-0.1, -0.05) is 26.0 Å². The van der Waals surface area contributed by atoms with Crippen LogP contribution < -0.4 is 11.1 Å². The number of nitrogens with one attached hydrogen (secondary N) is 1. The van der Waals surface area contributed by atoms with Gasteiger partial charge in [-0.3, -0.25) is 4.79 Å². The van der Waals surface area contributed by atoms with E-state index in [0.717, 1.165) is 17.7 Å². The molecule has 1 aromatic carbocycles. The van der Waals surface area contributed by atoms with E-state index < -0.39 is 0 Å². The average molecular weight is 259 g/mol. The van der Waals surface area contributed by atoms with Gasteiger partial charge in [0.1, 0.15) is 0 Å². The molecule has 0 bridgehead atoms. The van der Waals surface area contributed by atoms with E-state index in [-0.39, 0.29) is 11.8 Å². The Bertz CT molecular complexity index is 445. The number of nitrogens with two attached hydrogens (primary N) is 1. The first-order chi connectivity index (χ1) is 9.06. The molecular weight excluding hydrogens is 238 g/mol. The smallest absolute Gasteiger partial charge is 0.228 e. The van der Waals surface area contributed by atoms with Gasteiger partial charge in [0, 0.05) is 12.2 Å². The molecule has 0 saturated heterocycles. The molecule has 102 valence electrons. The number of nitrogens with zero attached hydrogens (tertiary/aromatic N) is 1. The molecule has 0 heterocycles. The maximum Gasteiger partial charge on any atom is 0.228 e. The summed E-state index contributed by atoms with van der Waals surface area (Å²) < 4.78 is 0. The Morgan fingerprint density at radius 2 is 2.00 bits per heavy atom. The van der Waals surface area contributed by atoms with Crippen LogP contribution >= 0.6 is 0 Å². The van der Waals surface area contributed by atoms with Gasteiger partial charge in [-0.25, -0.2) is 0 Å². The zero-order chi connectivity index (χ0) is 14.3. The van der Waals surface area contributed by atoms with Gasteiger partial charge in [0.15, 0.2) is 0 Å². The SMILES string of the molecule is CC(C)CC(CN)C(=O)Nc1ccc(CC#N)cc1. The van der Waals surface area contributed by atoms with Gasteiger partial charge < -0.3 is 11.1 Å². The fraction of sp³-hybridized carbons (Fsp3) is 0.467. The maximum absolute atomic E-state index is 12.0. The summed E-state index contributed by atoms with van der Waals surface area (Å²) in [6.07, 6.45) is 1.17. The van der Waals surface area contributed by atoms with Crippen LogP contribution in [0.1, 0.15) is 25.8 Å². The monoisotopic (exact) mass is 259 g/mol. The predicted molar refractivity (Wildman–Crippen MR) is 76.4 cm³/mol. The largest absolute Gasteiger partial charge is 0.330 e. The lowest BCUT2D eigenvalue weighted by Crippen LogP contribution is -2.30. The Balaban J connectivity index is 2.62. The zero-order valence-corrected chi connectivity index (χ0v) is 11.5. The molecular formula is C15H21N3O. The lowest BCUT2D eigenvalue weighted by molar-refractivity contribution is -0.120. The number of nitriles is 1. The van der Waals surface area contributed by atoms with E-state index in [1.54, 1.807) is 0 Å². The number of benzene rings is 1. The maximum atomic E-state index is 12.0. The van der Waals surface area contributed by atoms with Crippen molar-refractivity contribution in [2.24, 2.45) is 17.6 Å². The normalized spacial score (nSPS) is 11.9. The van der Waals surface area contributed by atoms with Gasteiger partial charge >= 0.3 is 0 Å². The van der Waals surface area contributed by atoms with E-state index in [9.17, 15) is 4.79 Å². The van der Waals surface area contributed by atoms with Crippen LogP contribution in [0.15, 0.2) is 24.3 Å². The van der Waals surface area contributed by atoms with Crippen LogP contribution in [0.25, 0.3) is 0 Å². The minimum absolute atomic E-state index is 0.0377. The van der Waals surface area contributed by atoms with Gasteiger partial charge in [-0.05, 0) is 30.0 Å². The lowest BCUT2D eigenvalue weighted by atomic mass is 9.96. The number of rotatable bonds is 6. The fourth-order valence-corrected chi connectivity index (χ4v) is 1.92. The lowest BCUT2D eigenvalue weighted by Gasteiger charge is -2.16. The third-order valence-corrected chi connectivity index (χ3v) is 2.92. The molecule has 3 N–H and O–H groups in total. The van der Waals surface area contributed by atoms with Crippen LogP contribution in [-0.2, 0) is 11.2 Å². The van der Waals surface area contributed by atoms with Crippen LogP contribution in [0.2, 0.25) is 0 Å². The van der Waals surface area contributed by atoms with Crippen LogP contribution in [0.4, 0.5) is 5.69 Å². The average Bonchev–Trinajstić information content (AvgIpc) is 2.38. The number of anilines is 1. The Morgan fingerprint density at radius 3 is 2.47 bits per heavy atom. The van der Waals surface area contributed by atoms with Crippen molar-refractivity contribution >= 4 is 11.6 Å². The fourth-order valence-electron chi connectivity index (χ4n) is 1.92. The second kappa shape index (κ2) is 7.55. The quantitative estimate of drug-likeness (QED) is 0.822. The molecule has 4 nitrogen and oxygen atoms in total. The van der Waals surface area contributed by atoms with Crippen molar-refractivity contribution in [1.29, 1.82) is 5.26 Å². The van der Waals surface area contributed by atoms with E-state index in [4.69, 9.17) is 11.0 Å². The number of hydrogen-bond acceptors (Lipinski definition) is 3. The van der Waals surface area contributed by atoms with Crippen molar-refractivity contribution in [3.8, 4) is 6.07 Å². The number of carbonyl (C=O) groups is 1. The van der Waals surface area contributed by atoms with Crippen molar-refractivity contribution in [1.82, 2.24) is 0 Å². The molecule has 0 aliphatic carbocycles. The van der Waals surface area contributed by atoms with Gasteiger partial charge in [0.2, 0.25) is 5.91 Å². The molecule has 1 atom stereocenters. The third-order valence-electron chi connectivity index (χ3n) is 2.92. The number of hydrogen-bond donors (Lipinski definition) is 2. The molecule has 0 aromatic heterocycles. The molecule has 1 amide bonds. The molecule has 0 aliphatic heterocycles. The molecule has 0 radical (unpaired) electrons. The van der Waals surface area contributed by atoms with Gasteiger partial charge in [-0.15, -0.1) is 0 Å². The second-order valence-electron chi connectivity index (χ2n) is 5.08. The molecule has 0 spiro atoms. The van der Waals surface area contributed by atoms with Crippen molar-refractivity contribution in [3.05, 3.63) is 29.8 Å². The van der Waals surface area contributed by atoms with Crippen molar-refractivity contribution in [2.45, 2.75) is 26.7 Å². The van der Waals surface area contributed by atoms with Crippen molar-refractivity contribution in [2.75, 3.05) is 11.9 Å². The Labute approximate surface area is 114 Å². The summed E-state index contributed by atoms with van der Waals surface area (Å²) in [6, 6.07) is 9.41. The molecule has 1 aromatic rings. The van der Waals surface area contributed by atoms with E-state index in [1.165, 1.54) is 0 Å². The van der Waals surface area contributed by atoms with E-state index in [1.807, 2.05) is 24.3 Å². The molecule has 4 heteroatoms. The minimum atomic E-state index is -0.154. The van der Waals surface area contributed by atoms with E-state index in [0.29, 0.717) is 18.9 Å². The highest BCUT2D eigenvalue weighted by atomic mass is 16.1. The topological polar surface area (TPSA) is 78.9 Å². The van der Waals surface area contributed by atoms with E-state index in [2.05, 4.69) is 25.2 Å². The minimum Gasteiger partial charge on any atom is -0.330 e. The highest BCUT2D eigenvalue weighted by Gasteiger charge is 2.18.